The maximum absolute atomic E-state index is 14.0. The number of benzene rings is 1. The summed E-state index contributed by atoms with van der Waals surface area (Å²) in [5.41, 5.74) is 1.03. The van der Waals surface area contributed by atoms with Gasteiger partial charge in [-0.05, 0) is 55.7 Å². The zero-order valence-corrected chi connectivity index (χ0v) is 17.6. The fourth-order valence-corrected chi connectivity index (χ4v) is 4.06. The molecule has 2 fully saturated rings. The molecule has 2 amide bonds. The molecule has 7 heteroatoms. The van der Waals surface area contributed by atoms with Crippen LogP contribution in [-0.2, 0) is 9.59 Å². The molecule has 3 rings (SSSR count). The third-order valence-corrected chi connectivity index (χ3v) is 6.09. The molecule has 2 aliphatic rings. The second kappa shape index (κ2) is 10.8. The van der Waals surface area contributed by atoms with E-state index in [9.17, 15) is 14.0 Å². The van der Waals surface area contributed by atoms with Crippen LogP contribution >= 0.6 is 11.9 Å². The largest absolute Gasteiger partial charge is 0.490 e. The third kappa shape index (κ3) is 6.85. The van der Waals surface area contributed by atoms with Crippen molar-refractivity contribution >= 4 is 23.8 Å². The first-order chi connectivity index (χ1) is 14.1. The van der Waals surface area contributed by atoms with E-state index in [1.165, 1.54) is 18.9 Å². The fraction of sp³-hybridized carbons (Fsp3) is 0.545. The van der Waals surface area contributed by atoms with E-state index in [1.54, 1.807) is 11.9 Å². The van der Waals surface area contributed by atoms with Gasteiger partial charge in [0, 0.05) is 18.2 Å². The van der Waals surface area contributed by atoms with Crippen LogP contribution in [0.1, 0.15) is 57.1 Å². The molecule has 1 aromatic rings. The monoisotopic (exact) mass is 420 g/mol. The van der Waals surface area contributed by atoms with Crippen LogP contribution in [-0.4, -0.2) is 24.2 Å². The van der Waals surface area contributed by atoms with Crippen molar-refractivity contribution in [3.63, 3.8) is 0 Å². The highest BCUT2D eigenvalue weighted by Gasteiger charge is 2.29. The van der Waals surface area contributed by atoms with Crippen molar-refractivity contribution in [2.24, 2.45) is 11.8 Å². The molecular weight excluding hydrogens is 391 g/mol. The lowest BCUT2D eigenvalue weighted by atomic mass is 10.0. The van der Waals surface area contributed by atoms with Crippen LogP contribution in [0.15, 0.2) is 30.4 Å². The van der Waals surface area contributed by atoms with Crippen LogP contribution in [0.3, 0.4) is 0 Å². The lowest BCUT2D eigenvalue weighted by Gasteiger charge is -2.18. The van der Waals surface area contributed by atoms with Gasteiger partial charge in [0.05, 0.1) is 12.5 Å². The molecule has 0 aromatic heterocycles. The summed E-state index contributed by atoms with van der Waals surface area (Å²) in [5.74, 6) is 0.947. The Labute approximate surface area is 176 Å². The van der Waals surface area contributed by atoms with Crippen molar-refractivity contribution in [2.45, 2.75) is 51.5 Å². The highest BCUT2D eigenvalue weighted by atomic mass is 32.2. The molecule has 158 valence electrons. The van der Waals surface area contributed by atoms with Gasteiger partial charge in [-0.2, -0.15) is 0 Å². The molecule has 0 bridgehead atoms. The number of hydrogen-bond acceptors (Lipinski definition) is 5. The highest BCUT2D eigenvalue weighted by molar-refractivity contribution is 7.97. The van der Waals surface area contributed by atoms with Crippen molar-refractivity contribution in [2.75, 3.05) is 12.4 Å². The van der Waals surface area contributed by atoms with E-state index in [-0.39, 0.29) is 29.6 Å². The molecule has 1 heterocycles. The zero-order valence-electron chi connectivity index (χ0n) is 16.8. The quantitative estimate of drug-likeness (QED) is 0.228. The van der Waals surface area contributed by atoms with Crippen LogP contribution in [0.4, 0.5) is 4.39 Å². The minimum atomic E-state index is -0.306. The predicted molar refractivity (Wildman–Crippen MR) is 113 cm³/mol. The van der Waals surface area contributed by atoms with Gasteiger partial charge in [-0.1, -0.05) is 37.1 Å². The molecule has 0 spiro atoms. The van der Waals surface area contributed by atoms with Crippen molar-refractivity contribution in [1.82, 2.24) is 10.0 Å². The number of rotatable bonds is 12. The zero-order chi connectivity index (χ0) is 20.6. The van der Waals surface area contributed by atoms with Crippen LogP contribution in [0.25, 0.3) is 0 Å². The van der Waals surface area contributed by atoms with E-state index in [4.69, 9.17) is 4.74 Å². The number of allylic oxidation sites excluding steroid dienone is 2. The van der Waals surface area contributed by atoms with E-state index in [1.807, 2.05) is 24.3 Å². The topological polar surface area (TPSA) is 67.4 Å². The first-order valence-electron chi connectivity index (χ1n) is 10.3. The summed E-state index contributed by atoms with van der Waals surface area (Å²) in [6.45, 7) is 2.70. The normalized spacial score (nSPS) is 20.3. The van der Waals surface area contributed by atoms with Crippen LogP contribution in [0, 0.1) is 17.7 Å². The maximum Gasteiger partial charge on any atom is 0.230 e. The molecule has 2 atom stereocenters. The van der Waals surface area contributed by atoms with Gasteiger partial charge >= 0.3 is 0 Å². The smallest absolute Gasteiger partial charge is 0.230 e. The molecule has 1 aliphatic carbocycles. The maximum atomic E-state index is 14.0. The molecule has 0 radical (unpaired) electrons. The number of hydrogen-bond donors (Lipinski definition) is 2. The van der Waals surface area contributed by atoms with Gasteiger partial charge in [0.1, 0.15) is 0 Å². The van der Waals surface area contributed by atoms with Crippen LogP contribution in [0.2, 0.25) is 0 Å². The van der Waals surface area contributed by atoms with Crippen LogP contribution < -0.4 is 14.8 Å². The molecule has 1 aromatic carbocycles. The summed E-state index contributed by atoms with van der Waals surface area (Å²) in [4.78, 5) is 22.7. The minimum Gasteiger partial charge on any atom is -0.490 e. The molecule has 2 N–H and O–H groups in total. The average Bonchev–Trinajstić information content (AvgIpc) is 3.47. The van der Waals surface area contributed by atoms with Crippen LogP contribution in [0.5, 0.6) is 5.75 Å². The Morgan fingerprint density at radius 1 is 1.34 bits per heavy atom. The SMILES string of the molecule is CCC(NSCC/C=C/CC1CC(=O)NC1=O)c1ccc(F)c(OCC2CC2)c1. The summed E-state index contributed by atoms with van der Waals surface area (Å²) in [5, 5.41) is 2.33. The summed E-state index contributed by atoms with van der Waals surface area (Å²) in [6, 6.07) is 5.24. The van der Waals surface area contributed by atoms with Crippen molar-refractivity contribution < 1.29 is 18.7 Å². The Hall–Kier alpha value is -1.86. The van der Waals surface area contributed by atoms with Gasteiger partial charge < -0.3 is 4.74 Å². The van der Waals surface area contributed by atoms with Crippen molar-refractivity contribution in [1.29, 1.82) is 0 Å². The molecule has 1 aliphatic heterocycles. The van der Waals surface area contributed by atoms with Gasteiger partial charge in [0.2, 0.25) is 11.8 Å². The molecule has 5 nitrogen and oxygen atoms in total. The number of ether oxygens (including phenoxy) is 1. The van der Waals surface area contributed by atoms with E-state index >= 15 is 0 Å². The standard InChI is InChI=1S/C22H29FN2O3S/c1-2-19(16-9-10-18(23)20(12-16)28-14-15-7-8-15)25-29-11-5-3-4-6-17-13-21(26)24-22(17)27/h3-4,9-10,12,15,17,19,25H,2,5-8,11,13-14H2,1H3,(H,24,26,27)/b4-3+. The van der Waals surface area contributed by atoms with Gasteiger partial charge in [0.15, 0.2) is 11.6 Å². The third-order valence-electron chi connectivity index (χ3n) is 5.20. The molecule has 2 unspecified atom stereocenters. The first kappa shape index (κ1) is 21.8. The fourth-order valence-electron chi connectivity index (χ4n) is 3.19. The van der Waals surface area contributed by atoms with Gasteiger partial charge in [-0.25, -0.2) is 4.39 Å². The molecule has 1 saturated carbocycles. The predicted octanol–water partition coefficient (Wildman–Crippen LogP) is 4.30. The summed E-state index contributed by atoms with van der Waals surface area (Å²) < 4.78 is 23.1. The van der Waals surface area contributed by atoms with Crippen molar-refractivity contribution in [3.8, 4) is 5.75 Å². The van der Waals surface area contributed by atoms with E-state index in [2.05, 4.69) is 17.0 Å². The highest BCUT2D eigenvalue weighted by Crippen LogP contribution is 2.31. The summed E-state index contributed by atoms with van der Waals surface area (Å²) in [7, 11) is 0. The lowest BCUT2D eigenvalue weighted by molar-refractivity contribution is -0.125. The van der Waals surface area contributed by atoms with Gasteiger partial charge in [-0.3, -0.25) is 19.6 Å². The first-order valence-corrected chi connectivity index (χ1v) is 11.3. The van der Waals surface area contributed by atoms with E-state index in [0.29, 0.717) is 31.1 Å². The lowest BCUT2D eigenvalue weighted by Crippen LogP contribution is -2.21. The average molecular weight is 421 g/mol. The Kier molecular flexibility index (Phi) is 8.12. The van der Waals surface area contributed by atoms with Gasteiger partial charge in [0.25, 0.3) is 0 Å². The Balaban J connectivity index is 1.38. The molecule has 1 saturated heterocycles. The van der Waals surface area contributed by atoms with Crippen molar-refractivity contribution in [3.05, 3.63) is 41.7 Å². The summed E-state index contributed by atoms with van der Waals surface area (Å²) in [6.07, 6.45) is 9.04. The molecule has 29 heavy (non-hydrogen) atoms. The van der Waals surface area contributed by atoms with E-state index in [0.717, 1.165) is 24.2 Å². The Morgan fingerprint density at radius 3 is 2.86 bits per heavy atom. The second-order valence-electron chi connectivity index (χ2n) is 7.68. The van der Waals surface area contributed by atoms with Gasteiger partial charge in [-0.15, -0.1) is 0 Å². The Bertz CT molecular complexity index is 752. The minimum absolute atomic E-state index is 0.126. The summed E-state index contributed by atoms with van der Waals surface area (Å²) >= 11 is 1.63. The Morgan fingerprint density at radius 2 is 2.17 bits per heavy atom. The number of carbonyl (C=O) groups excluding carboxylic acids is 2. The van der Waals surface area contributed by atoms with E-state index < -0.39 is 0 Å². The number of nitrogens with one attached hydrogen (secondary N) is 2. The number of amides is 2. The number of halogens is 1. The second-order valence-corrected chi connectivity index (χ2v) is 8.61. The number of carbonyl (C=O) groups is 2. The molecular formula is C22H29FN2O3S. The number of imide groups is 1.